The van der Waals surface area contributed by atoms with Crippen LogP contribution in [0.4, 0.5) is 0 Å². The molecule has 6 heteroatoms. The summed E-state index contributed by atoms with van der Waals surface area (Å²) < 4.78 is 5.75. The third-order valence-corrected chi connectivity index (χ3v) is 2.42. The van der Waals surface area contributed by atoms with Crippen molar-refractivity contribution in [1.82, 2.24) is 15.2 Å². The highest BCUT2D eigenvalue weighted by molar-refractivity contribution is 5.56. The van der Waals surface area contributed by atoms with Gasteiger partial charge in [-0.1, -0.05) is 0 Å². The summed E-state index contributed by atoms with van der Waals surface area (Å²) in [5.41, 5.74) is 1.27. The largest absolute Gasteiger partial charge is 0.710 e. The van der Waals surface area contributed by atoms with E-state index in [2.05, 4.69) is 15.2 Å². The van der Waals surface area contributed by atoms with Gasteiger partial charge in [0.25, 0.3) is 0 Å². The van der Waals surface area contributed by atoms with Gasteiger partial charge in [0.05, 0.1) is 11.4 Å². The van der Waals surface area contributed by atoms with Gasteiger partial charge < -0.3 is 9.62 Å². The number of furan rings is 1. The molecule has 0 aliphatic rings. The molecule has 0 fully saturated rings. The molecular weight excluding hydrogens is 232 g/mol. The van der Waals surface area contributed by atoms with Crippen molar-refractivity contribution in [3.8, 4) is 22.8 Å². The number of aromatic nitrogens is 4. The summed E-state index contributed by atoms with van der Waals surface area (Å²) >= 11 is 0. The van der Waals surface area contributed by atoms with E-state index in [1.54, 1.807) is 36.7 Å². The van der Waals surface area contributed by atoms with E-state index >= 15 is 0 Å². The molecule has 88 valence electrons. The van der Waals surface area contributed by atoms with Crippen LogP contribution in [0.3, 0.4) is 0 Å². The molecule has 0 aliphatic carbocycles. The fourth-order valence-electron chi connectivity index (χ4n) is 1.56. The molecule has 18 heavy (non-hydrogen) atoms. The van der Waals surface area contributed by atoms with Gasteiger partial charge in [0.1, 0.15) is 6.20 Å². The molecule has 0 spiro atoms. The number of pyridine rings is 1. The molecule has 3 aromatic rings. The van der Waals surface area contributed by atoms with Gasteiger partial charge in [-0.15, -0.1) is 0 Å². The average Bonchev–Trinajstić information content (AvgIpc) is 2.93. The van der Waals surface area contributed by atoms with Gasteiger partial charge in [-0.2, -0.15) is 0 Å². The van der Waals surface area contributed by atoms with Crippen LogP contribution >= 0.6 is 0 Å². The van der Waals surface area contributed by atoms with Crippen molar-refractivity contribution in [2.24, 2.45) is 0 Å². The summed E-state index contributed by atoms with van der Waals surface area (Å²) in [6, 6.07) is 6.87. The van der Waals surface area contributed by atoms with Gasteiger partial charge in [-0.25, -0.2) is 4.73 Å². The quantitative estimate of drug-likeness (QED) is 0.500. The first kappa shape index (κ1) is 10.4. The molecule has 0 saturated heterocycles. The summed E-state index contributed by atoms with van der Waals surface area (Å²) in [6.07, 6.45) is 6.10. The SMILES string of the molecule is [O-][n+]1cc(-c2ccncc2)nnc1-c1ccco1. The molecule has 6 nitrogen and oxygen atoms in total. The maximum absolute atomic E-state index is 11.9. The van der Waals surface area contributed by atoms with Gasteiger partial charge in [-0.3, -0.25) is 4.98 Å². The zero-order valence-corrected chi connectivity index (χ0v) is 9.22. The lowest BCUT2D eigenvalue weighted by Gasteiger charge is -2.04. The highest BCUT2D eigenvalue weighted by Gasteiger charge is 2.16. The van der Waals surface area contributed by atoms with Crippen LogP contribution in [0.25, 0.3) is 22.8 Å². The Morgan fingerprint density at radius 3 is 2.61 bits per heavy atom. The fraction of sp³-hybridized carbons (Fsp3) is 0. The maximum Gasteiger partial charge on any atom is 0.396 e. The minimum Gasteiger partial charge on any atom is -0.710 e. The molecule has 0 atom stereocenters. The monoisotopic (exact) mass is 240 g/mol. The minimum atomic E-state index is 0.137. The minimum absolute atomic E-state index is 0.137. The molecule has 0 unspecified atom stereocenters. The summed E-state index contributed by atoms with van der Waals surface area (Å²) in [5.74, 6) is 0.525. The van der Waals surface area contributed by atoms with Crippen LogP contribution in [0, 0.1) is 5.21 Å². The van der Waals surface area contributed by atoms with E-state index in [4.69, 9.17) is 4.42 Å². The summed E-state index contributed by atoms with van der Waals surface area (Å²) in [4.78, 5) is 3.90. The van der Waals surface area contributed by atoms with Crippen LogP contribution in [0.5, 0.6) is 0 Å². The molecule has 0 amide bonds. The Balaban J connectivity index is 2.05. The van der Waals surface area contributed by atoms with E-state index in [9.17, 15) is 5.21 Å². The first-order valence-electron chi connectivity index (χ1n) is 5.26. The normalized spacial score (nSPS) is 10.4. The highest BCUT2D eigenvalue weighted by Crippen LogP contribution is 2.16. The number of nitrogens with zero attached hydrogens (tertiary/aromatic N) is 4. The van der Waals surface area contributed by atoms with Crippen molar-refractivity contribution in [2.45, 2.75) is 0 Å². The van der Waals surface area contributed by atoms with Gasteiger partial charge >= 0.3 is 5.82 Å². The van der Waals surface area contributed by atoms with Crippen LogP contribution in [0.1, 0.15) is 0 Å². The molecule has 0 aliphatic heterocycles. The summed E-state index contributed by atoms with van der Waals surface area (Å²) in [6.45, 7) is 0. The third kappa shape index (κ3) is 1.80. The number of rotatable bonds is 2. The van der Waals surface area contributed by atoms with Gasteiger partial charge in [0, 0.05) is 18.0 Å². The topological polar surface area (TPSA) is 78.8 Å². The van der Waals surface area contributed by atoms with Crippen LogP contribution in [-0.2, 0) is 0 Å². The Morgan fingerprint density at radius 2 is 1.94 bits per heavy atom. The molecule has 3 rings (SSSR count). The van der Waals surface area contributed by atoms with Crippen LogP contribution < -0.4 is 4.73 Å². The first-order chi connectivity index (χ1) is 8.84. The molecule has 0 aromatic carbocycles. The van der Waals surface area contributed by atoms with Crippen LogP contribution in [0.15, 0.2) is 53.5 Å². The molecule has 3 aromatic heterocycles. The van der Waals surface area contributed by atoms with E-state index in [-0.39, 0.29) is 5.82 Å². The summed E-state index contributed by atoms with van der Waals surface area (Å²) in [7, 11) is 0. The molecule has 3 heterocycles. The van der Waals surface area contributed by atoms with Crippen molar-refractivity contribution in [2.75, 3.05) is 0 Å². The van der Waals surface area contributed by atoms with Crippen molar-refractivity contribution in [1.29, 1.82) is 0 Å². The average molecular weight is 240 g/mol. The van der Waals surface area contributed by atoms with Gasteiger partial charge in [0.15, 0.2) is 5.69 Å². The molecular formula is C12H8N4O2. The molecule has 0 bridgehead atoms. The lowest BCUT2D eigenvalue weighted by molar-refractivity contribution is -0.597. The van der Waals surface area contributed by atoms with Crippen molar-refractivity contribution >= 4 is 0 Å². The van der Waals surface area contributed by atoms with Crippen molar-refractivity contribution in [3.63, 3.8) is 0 Å². The van der Waals surface area contributed by atoms with E-state index in [1.807, 2.05) is 0 Å². The highest BCUT2D eigenvalue weighted by atomic mass is 16.5. The van der Waals surface area contributed by atoms with Gasteiger partial charge in [-0.05, 0) is 29.4 Å². The van der Waals surface area contributed by atoms with E-state index in [1.165, 1.54) is 12.5 Å². The Labute approximate surface area is 102 Å². The Kier molecular flexibility index (Phi) is 2.45. The van der Waals surface area contributed by atoms with Crippen molar-refractivity contribution < 1.29 is 9.15 Å². The van der Waals surface area contributed by atoms with Crippen molar-refractivity contribution in [3.05, 3.63) is 54.3 Å². The van der Waals surface area contributed by atoms with Gasteiger partial charge in [0.2, 0.25) is 5.76 Å². The van der Waals surface area contributed by atoms with Crippen LogP contribution in [0.2, 0.25) is 0 Å². The summed E-state index contributed by atoms with van der Waals surface area (Å²) in [5, 5.41) is 19.7. The zero-order valence-electron chi connectivity index (χ0n) is 9.22. The molecule has 0 saturated carbocycles. The lowest BCUT2D eigenvalue weighted by atomic mass is 10.2. The predicted molar refractivity (Wildman–Crippen MR) is 61.9 cm³/mol. The van der Waals surface area contributed by atoms with E-state index in [0.29, 0.717) is 16.2 Å². The zero-order chi connectivity index (χ0) is 12.4. The second kappa shape index (κ2) is 4.25. The number of hydrogen-bond donors (Lipinski definition) is 0. The molecule has 0 N–H and O–H groups in total. The second-order valence-electron chi connectivity index (χ2n) is 3.58. The third-order valence-electron chi connectivity index (χ3n) is 2.42. The Hall–Kier alpha value is -2.76. The Bertz CT molecular complexity index is 653. The van der Waals surface area contributed by atoms with Crippen LogP contribution in [-0.4, -0.2) is 15.2 Å². The Morgan fingerprint density at radius 1 is 1.11 bits per heavy atom. The standard InChI is InChI=1S/C12H8N4O2/c17-16-8-10(9-3-5-13-6-4-9)14-15-12(16)11-2-1-7-18-11/h1-8H. The fourth-order valence-corrected chi connectivity index (χ4v) is 1.56. The number of hydrogen-bond acceptors (Lipinski definition) is 5. The smallest absolute Gasteiger partial charge is 0.396 e. The predicted octanol–water partition coefficient (Wildman–Crippen LogP) is 1.43. The second-order valence-corrected chi connectivity index (χ2v) is 3.58. The first-order valence-corrected chi connectivity index (χ1v) is 5.26. The van der Waals surface area contributed by atoms with E-state index in [0.717, 1.165) is 5.56 Å². The lowest BCUT2D eigenvalue weighted by Crippen LogP contribution is -2.31. The van der Waals surface area contributed by atoms with E-state index < -0.39 is 0 Å². The molecule has 0 radical (unpaired) electrons. The maximum atomic E-state index is 11.9.